The molecule has 1 heterocycles. The van der Waals surface area contributed by atoms with E-state index in [2.05, 4.69) is 10.8 Å². The number of nitrogens with one attached hydrogen (secondary N) is 1. The molecule has 7 heteroatoms. The SMILES string of the molecule is COCCNS(=O)(=O)c1ccc(C(=O)N2CCc3ccccc3C2)cc1. The largest absolute Gasteiger partial charge is 0.383 e. The highest BCUT2D eigenvalue weighted by Gasteiger charge is 2.22. The summed E-state index contributed by atoms with van der Waals surface area (Å²) in [5, 5.41) is 0. The number of fused-ring (bicyclic) bond motifs is 1. The van der Waals surface area contributed by atoms with E-state index in [-0.39, 0.29) is 17.3 Å². The maximum Gasteiger partial charge on any atom is 0.254 e. The van der Waals surface area contributed by atoms with Crippen molar-refractivity contribution in [3.05, 3.63) is 65.2 Å². The van der Waals surface area contributed by atoms with Crippen LogP contribution in [0.25, 0.3) is 0 Å². The van der Waals surface area contributed by atoms with Crippen molar-refractivity contribution >= 4 is 15.9 Å². The summed E-state index contributed by atoms with van der Waals surface area (Å²) in [6, 6.07) is 14.2. The maximum absolute atomic E-state index is 12.7. The molecule has 0 aliphatic carbocycles. The second-order valence-electron chi connectivity index (χ2n) is 6.16. The lowest BCUT2D eigenvalue weighted by Crippen LogP contribution is -2.36. The number of rotatable bonds is 6. The van der Waals surface area contributed by atoms with Crippen molar-refractivity contribution < 1.29 is 17.9 Å². The van der Waals surface area contributed by atoms with Gasteiger partial charge in [0, 0.05) is 32.3 Å². The van der Waals surface area contributed by atoms with E-state index in [4.69, 9.17) is 4.74 Å². The number of hydrogen-bond donors (Lipinski definition) is 1. The van der Waals surface area contributed by atoms with E-state index in [1.165, 1.54) is 24.8 Å². The van der Waals surface area contributed by atoms with Gasteiger partial charge in [0.15, 0.2) is 0 Å². The molecule has 0 saturated heterocycles. The summed E-state index contributed by atoms with van der Waals surface area (Å²) in [5.41, 5.74) is 2.92. The van der Waals surface area contributed by atoms with Crippen LogP contribution in [0, 0.1) is 0 Å². The van der Waals surface area contributed by atoms with Gasteiger partial charge in [-0.15, -0.1) is 0 Å². The summed E-state index contributed by atoms with van der Waals surface area (Å²) in [7, 11) is -2.09. The molecule has 0 aromatic heterocycles. The Hall–Kier alpha value is -2.22. The summed E-state index contributed by atoms with van der Waals surface area (Å²) in [6.45, 7) is 1.74. The molecule has 0 fully saturated rings. The predicted octanol–water partition coefficient (Wildman–Crippen LogP) is 1.81. The molecular formula is C19H22N2O4S. The lowest BCUT2D eigenvalue weighted by Gasteiger charge is -2.29. The van der Waals surface area contributed by atoms with Crippen LogP contribution >= 0.6 is 0 Å². The minimum atomic E-state index is -3.59. The van der Waals surface area contributed by atoms with Gasteiger partial charge in [0.25, 0.3) is 5.91 Å². The van der Waals surface area contributed by atoms with Gasteiger partial charge in [0.1, 0.15) is 0 Å². The summed E-state index contributed by atoms with van der Waals surface area (Å²) < 4.78 is 31.6. The number of ether oxygens (including phenoxy) is 1. The van der Waals surface area contributed by atoms with Gasteiger partial charge < -0.3 is 9.64 Å². The normalized spacial score (nSPS) is 14.1. The van der Waals surface area contributed by atoms with Crippen LogP contribution in [0.5, 0.6) is 0 Å². The van der Waals surface area contributed by atoms with Crippen LogP contribution in [0.2, 0.25) is 0 Å². The number of hydrogen-bond acceptors (Lipinski definition) is 4. The molecule has 0 atom stereocenters. The first-order chi connectivity index (χ1) is 12.5. The van der Waals surface area contributed by atoms with Crippen LogP contribution in [-0.2, 0) is 27.7 Å². The molecule has 1 aliphatic heterocycles. The number of carbonyl (C=O) groups excluding carboxylic acids is 1. The van der Waals surface area contributed by atoms with Gasteiger partial charge in [-0.25, -0.2) is 13.1 Å². The molecule has 0 bridgehead atoms. The van der Waals surface area contributed by atoms with Gasteiger partial charge in [-0.1, -0.05) is 24.3 Å². The Morgan fingerprint density at radius 1 is 1.12 bits per heavy atom. The second kappa shape index (κ2) is 7.99. The van der Waals surface area contributed by atoms with E-state index in [0.717, 1.165) is 12.0 Å². The average Bonchev–Trinajstić information content (AvgIpc) is 2.67. The topological polar surface area (TPSA) is 75.7 Å². The number of methoxy groups -OCH3 is 1. The molecule has 0 spiro atoms. The zero-order valence-corrected chi connectivity index (χ0v) is 15.5. The van der Waals surface area contributed by atoms with Gasteiger partial charge in [0.2, 0.25) is 10.0 Å². The van der Waals surface area contributed by atoms with Crippen molar-refractivity contribution in [1.29, 1.82) is 0 Å². The van der Waals surface area contributed by atoms with Crippen LogP contribution in [0.1, 0.15) is 21.5 Å². The molecular weight excluding hydrogens is 352 g/mol. The van der Waals surface area contributed by atoms with Crippen molar-refractivity contribution in [3.8, 4) is 0 Å². The van der Waals surface area contributed by atoms with Crippen molar-refractivity contribution in [2.75, 3.05) is 26.8 Å². The highest BCUT2D eigenvalue weighted by atomic mass is 32.2. The molecule has 138 valence electrons. The third-order valence-corrected chi connectivity index (χ3v) is 5.90. The Bertz CT molecular complexity index is 879. The summed E-state index contributed by atoms with van der Waals surface area (Å²) in [4.78, 5) is 14.7. The molecule has 3 rings (SSSR count). The zero-order chi connectivity index (χ0) is 18.6. The number of carbonyl (C=O) groups is 1. The van der Waals surface area contributed by atoms with Crippen molar-refractivity contribution in [2.24, 2.45) is 0 Å². The van der Waals surface area contributed by atoms with Gasteiger partial charge in [-0.3, -0.25) is 4.79 Å². The summed E-state index contributed by atoms with van der Waals surface area (Å²) in [5.74, 6) is -0.0872. The van der Waals surface area contributed by atoms with Gasteiger partial charge in [-0.2, -0.15) is 0 Å². The minimum Gasteiger partial charge on any atom is -0.383 e. The Morgan fingerprint density at radius 3 is 2.50 bits per heavy atom. The number of nitrogens with zero attached hydrogens (tertiary/aromatic N) is 1. The number of sulfonamides is 1. The molecule has 2 aromatic rings. The number of benzene rings is 2. The zero-order valence-electron chi connectivity index (χ0n) is 14.6. The first-order valence-corrected chi connectivity index (χ1v) is 9.94. The van der Waals surface area contributed by atoms with Gasteiger partial charge >= 0.3 is 0 Å². The summed E-state index contributed by atoms with van der Waals surface area (Å²) >= 11 is 0. The molecule has 0 radical (unpaired) electrons. The molecule has 0 saturated carbocycles. The van der Waals surface area contributed by atoms with E-state index in [1.54, 1.807) is 17.0 Å². The smallest absolute Gasteiger partial charge is 0.254 e. The molecule has 2 aromatic carbocycles. The van der Waals surface area contributed by atoms with Crippen molar-refractivity contribution in [1.82, 2.24) is 9.62 Å². The maximum atomic E-state index is 12.7. The number of amides is 1. The van der Waals surface area contributed by atoms with Crippen molar-refractivity contribution in [3.63, 3.8) is 0 Å². The highest BCUT2D eigenvalue weighted by Crippen LogP contribution is 2.21. The van der Waals surface area contributed by atoms with E-state index < -0.39 is 10.0 Å². The quantitative estimate of drug-likeness (QED) is 0.783. The average molecular weight is 374 g/mol. The standard InChI is InChI=1S/C19H22N2O4S/c1-25-13-11-20-26(23,24)18-8-6-16(7-9-18)19(22)21-12-10-15-4-2-3-5-17(15)14-21/h2-9,20H,10-14H2,1H3. The van der Waals surface area contributed by atoms with E-state index in [1.807, 2.05) is 18.2 Å². The van der Waals surface area contributed by atoms with Crippen LogP contribution in [0.15, 0.2) is 53.4 Å². The van der Waals surface area contributed by atoms with Crippen LogP contribution in [0.4, 0.5) is 0 Å². The second-order valence-corrected chi connectivity index (χ2v) is 7.93. The third-order valence-electron chi connectivity index (χ3n) is 4.43. The first-order valence-electron chi connectivity index (χ1n) is 8.46. The van der Waals surface area contributed by atoms with E-state index >= 15 is 0 Å². The molecule has 1 aliphatic rings. The fraction of sp³-hybridized carbons (Fsp3) is 0.316. The fourth-order valence-corrected chi connectivity index (χ4v) is 4.00. The van der Waals surface area contributed by atoms with Crippen LogP contribution in [-0.4, -0.2) is 46.0 Å². The van der Waals surface area contributed by atoms with Crippen molar-refractivity contribution in [2.45, 2.75) is 17.9 Å². The lowest BCUT2D eigenvalue weighted by molar-refractivity contribution is 0.0734. The van der Waals surface area contributed by atoms with Gasteiger partial charge in [0.05, 0.1) is 11.5 Å². The van der Waals surface area contributed by atoms with E-state index in [0.29, 0.717) is 25.3 Å². The minimum absolute atomic E-state index is 0.0872. The molecule has 1 amide bonds. The lowest BCUT2D eigenvalue weighted by atomic mass is 9.99. The van der Waals surface area contributed by atoms with Crippen LogP contribution in [0.3, 0.4) is 0 Å². The molecule has 6 nitrogen and oxygen atoms in total. The first kappa shape index (κ1) is 18.6. The Kier molecular flexibility index (Phi) is 5.70. The molecule has 1 N–H and O–H groups in total. The van der Waals surface area contributed by atoms with E-state index in [9.17, 15) is 13.2 Å². The Balaban J connectivity index is 1.70. The highest BCUT2D eigenvalue weighted by molar-refractivity contribution is 7.89. The van der Waals surface area contributed by atoms with Gasteiger partial charge in [-0.05, 0) is 41.8 Å². The fourth-order valence-electron chi connectivity index (χ4n) is 2.99. The Labute approximate surface area is 153 Å². The predicted molar refractivity (Wildman–Crippen MR) is 98.4 cm³/mol. The third kappa shape index (κ3) is 4.12. The molecule has 0 unspecified atom stereocenters. The molecule has 26 heavy (non-hydrogen) atoms. The Morgan fingerprint density at radius 2 is 1.81 bits per heavy atom. The van der Waals surface area contributed by atoms with Crippen LogP contribution < -0.4 is 4.72 Å². The monoisotopic (exact) mass is 374 g/mol. The summed E-state index contributed by atoms with van der Waals surface area (Å²) in [6.07, 6.45) is 0.831.